The van der Waals surface area contributed by atoms with Crippen LogP contribution in [0.1, 0.15) is 17.7 Å². The molecule has 1 saturated heterocycles. The fraction of sp³-hybridized carbons (Fsp3) is 0.389. The molecule has 1 fully saturated rings. The molecule has 25 heavy (non-hydrogen) atoms. The Bertz CT molecular complexity index is 877. The Morgan fingerprint density at radius 1 is 1.12 bits per heavy atom. The molecule has 0 spiro atoms. The second kappa shape index (κ2) is 6.76. The van der Waals surface area contributed by atoms with E-state index in [2.05, 4.69) is 31.2 Å². The van der Waals surface area contributed by atoms with Crippen molar-refractivity contribution >= 4 is 11.3 Å². The van der Waals surface area contributed by atoms with Crippen LogP contribution in [0.3, 0.4) is 0 Å². The summed E-state index contributed by atoms with van der Waals surface area (Å²) in [6.45, 7) is 6.56. The normalized spacial score (nSPS) is 16.3. The molecule has 0 amide bonds. The van der Waals surface area contributed by atoms with E-state index >= 15 is 0 Å². The first kappa shape index (κ1) is 16.0. The lowest BCUT2D eigenvalue weighted by molar-refractivity contribution is 0.285. The van der Waals surface area contributed by atoms with Crippen LogP contribution in [0.15, 0.2) is 36.7 Å². The van der Waals surface area contributed by atoms with Gasteiger partial charge in [-0.2, -0.15) is 9.61 Å². The van der Waals surface area contributed by atoms with Crippen molar-refractivity contribution in [2.24, 2.45) is 0 Å². The minimum atomic E-state index is -0.171. The third-order valence-corrected chi connectivity index (χ3v) is 4.60. The highest BCUT2D eigenvalue weighted by molar-refractivity contribution is 5.68. The number of aromatic nitrogens is 4. The molecular weight excluding hydrogens is 319 g/mol. The van der Waals surface area contributed by atoms with Crippen LogP contribution in [0.25, 0.3) is 5.65 Å². The molecule has 3 aromatic rings. The molecule has 1 aliphatic rings. The summed E-state index contributed by atoms with van der Waals surface area (Å²) in [4.78, 5) is 4.73. The minimum Gasteiger partial charge on any atom is -0.367 e. The van der Waals surface area contributed by atoms with Crippen molar-refractivity contribution in [3.63, 3.8) is 0 Å². The summed E-state index contributed by atoms with van der Waals surface area (Å²) >= 11 is 0. The topological polar surface area (TPSA) is 49.6 Å². The molecule has 6 nitrogen and oxygen atoms in total. The summed E-state index contributed by atoms with van der Waals surface area (Å²) < 4.78 is 15.1. The lowest BCUT2D eigenvalue weighted by Gasteiger charge is -2.24. The van der Waals surface area contributed by atoms with Crippen LogP contribution in [0.2, 0.25) is 0 Å². The summed E-state index contributed by atoms with van der Waals surface area (Å²) in [6.07, 6.45) is 2.69. The third-order valence-electron chi connectivity index (χ3n) is 4.60. The van der Waals surface area contributed by atoms with Gasteiger partial charge in [0.1, 0.15) is 12.1 Å². The van der Waals surface area contributed by atoms with Gasteiger partial charge in [-0.1, -0.05) is 12.1 Å². The summed E-state index contributed by atoms with van der Waals surface area (Å²) in [5.74, 6) is -0.171. The molecule has 0 aliphatic carbocycles. The van der Waals surface area contributed by atoms with E-state index in [-0.39, 0.29) is 5.82 Å². The molecule has 130 valence electrons. The summed E-state index contributed by atoms with van der Waals surface area (Å²) in [5.41, 5.74) is 3.85. The van der Waals surface area contributed by atoms with Gasteiger partial charge in [-0.25, -0.2) is 4.39 Å². The first-order valence-corrected chi connectivity index (χ1v) is 8.58. The van der Waals surface area contributed by atoms with E-state index in [4.69, 9.17) is 0 Å². The maximum atomic E-state index is 13.4. The van der Waals surface area contributed by atoms with Crippen molar-refractivity contribution in [1.82, 2.24) is 24.7 Å². The summed E-state index contributed by atoms with van der Waals surface area (Å²) in [7, 11) is 0. The van der Waals surface area contributed by atoms with E-state index in [1.807, 2.05) is 13.0 Å². The van der Waals surface area contributed by atoms with E-state index in [0.29, 0.717) is 0 Å². The molecule has 4 rings (SSSR count). The second-order valence-corrected chi connectivity index (χ2v) is 6.52. The average molecular weight is 340 g/mol. The van der Waals surface area contributed by atoms with E-state index in [0.717, 1.165) is 61.7 Å². The predicted molar refractivity (Wildman–Crippen MR) is 94.0 cm³/mol. The van der Waals surface area contributed by atoms with Gasteiger partial charge in [0, 0.05) is 32.7 Å². The first-order valence-electron chi connectivity index (χ1n) is 8.58. The van der Waals surface area contributed by atoms with Crippen molar-refractivity contribution < 1.29 is 4.39 Å². The molecule has 0 saturated carbocycles. The van der Waals surface area contributed by atoms with Gasteiger partial charge in [0.05, 0.1) is 11.4 Å². The maximum Gasteiger partial charge on any atom is 0.200 e. The first-order chi connectivity index (χ1) is 12.2. The molecule has 0 N–H and O–H groups in total. The molecular formula is C18H21FN6. The van der Waals surface area contributed by atoms with E-state index in [9.17, 15) is 4.39 Å². The summed E-state index contributed by atoms with van der Waals surface area (Å²) in [5, 5.41) is 12.6. The van der Waals surface area contributed by atoms with Gasteiger partial charge in [0.25, 0.3) is 0 Å². The number of nitrogens with zero attached hydrogens (tertiary/aromatic N) is 6. The number of hydrogen-bond donors (Lipinski definition) is 0. The molecule has 3 heterocycles. The van der Waals surface area contributed by atoms with Crippen LogP contribution in [0.5, 0.6) is 0 Å². The van der Waals surface area contributed by atoms with Crippen molar-refractivity contribution in [3.8, 4) is 0 Å². The van der Waals surface area contributed by atoms with Crippen molar-refractivity contribution in [2.45, 2.75) is 19.9 Å². The maximum absolute atomic E-state index is 13.4. The van der Waals surface area contributed by atoms with Crippen molar-refractivity contribution in [3.05, 3.63) is 53.7 Å². The van der Waals surface area contributed by atoms with Gasteiger partial charge in [0.15, 0.2) is 0 Å². The van der Waals surface area contributed by atoms with Gasteiger partial charge in [0.2, 0.25) is 5.65 Å². The SMILES string of the molecule is Cc1cc(N2CCCN(Cc3cccc(F)c3)CC2)c2nncn2n1. The van der Waals surface area contributed by atoms with Gasteiger partial charge in [-0.05, 0) is 37.1 Å². The molecule has 7 heteroatoms. The lowest BCUT2D eigenvalue weighted by Crippen LogP contribution is -2.31. The van der Waals surface area contributed by atoms with Gasteiger partial charge < -0.3 is 4.90 Å². The zero-order valence-corrected chi connectivity index (χ0v) is 14.3. The molecule has 1 aliphatic heterocycles. The molecule has 0 bridgehead atoms. The van der Waals surface area contributed by atoms with Crippen LogP contribution in [-0.2, 0) is 6.54 Å². The van der Waals surface area contributed by atoms with E-state index < -0.39 is 0 Å². The monoisotopic (exact) mass is 340 g/mol. The van der Waals surface area contributed by atoms with Crippen LogP contribution >= 0.6 is 0 Å². The largest absolute Gasteiger partial charge is 0.367 e. The third kappa shape index (κ3) is 3.46. The van der Waals surface area contributed by atoms with Gasteiger partial charge >= 0.3 is 0 Å². The van der Waals surface area contributed by atoms with Crippen LogP contribution < -0.4 is 4.90 Å². The highest BCUT2D eigenvalue weighted by Gasteiger charge is 2.19. The Balaban J connectivity index is 1.50. The standard InChI is InChI=1S/C18H21FN6/c1-14-10-17(18-21-20-13-25(18)22-14)24-7-3-6-23(8-9-24)12-15-4-2-5-16(19)11-15/h2,4-5,10-11,13H,3,6-9,12H2,1H3. The number of hydrogen-bond acceptors (Lipinski definition) is 5. The van der Waals surface area contributed by atoms with Crippen molar-refractivity contribution in [1.29, 1.82) is 0 Å². The van der Waals surface area contributed by atoms with Crippen LogP contribution in [0.4, 0.5) is 10.1 Å². The van der Waals surface area contributed by atoms with Crippen LogP contribution in [-0.4, -0.2) is 50.9 Å². The fourth-order valence-corrected chi connectivity index (χ4v) is 3.43. The smallest absolute Gasteiger partial charge is 0.200 e. The van der Waals surface area contributed by atoms with Gasteiger partial charge in [-0.15, -0.1) is 10.2 Å². The number of halogens is 1. The lowest BCUT2D eigenvalue weighted by atomic mass is 10.2. The highest BCUT2D eigenvalue weighted by Crippen LogP contribution is 2.22. The Morgan fingerprint density at radius 3 is 2.92 bits per heavy atom. The Labute approximate surface area is 145 Å². The number of fused-ring (bicyclic) bond motifs is 1. The van der Waals surface area contributed by atoms with Gasteiger partial charge in [-0.3, -0.25) is 4.90 Å². The summed E-state index contributed by atoms with van der Waals surface area (Å²) in [6, 6.07) is 8.94. The Hall–Kier alpha value is -2.54. The van der Waals surface area contributed by atoms with E-state index in [1.54, 1.807) is 23.0 Å². The molecule has 1 aromatic carbocycles. The molecule has 0 radical (unpaired) electrons. The quantitative estimate of drug-likeness (QED) is 0.732. The number of benzene rings is 1. The molecule has 0 atom stereocenters. The van der Waals surface area contributed by atoms with Crippen molar-refractivity contribution in [2.75, 3.05) is 31.1 Å². The average Bonchev–Trinajstić information content (AvgIpc) is 2.93. The van der Waals surface area contributed by atoms with Crippen LogP contribution in [0, 0.1) is 12.7 Å². The second-order valence-electron chi connectivity index (χ2n) is 6.52. The Kier molecular flexibility index (Phi) is 4.31. The Morgan fingerprint density at radius 2 is 2.04 bits per heavy atom. The minimum absolute atomic E-state index is 0.171. The van der Waals surface area contributed by atoms with E-state index in [1.165, 1.54) is 6.07 Å². The number of anilines is 1. The zero-order valence-electron chi connectivity index (χ0n) is 14.3. The molecule has 0 unspecified atom stereocenters. The zero-order chi connectivity index (χ0) is 17.2. The fourth-order valence-electron chi connectivity index (χ4n) is 3.43. The highest BCUT2D eigenvalue weighted by atomic mass is 19.1. The number of aryl methyl sites for hydroxylation is 1. The molecule has 2 aromatic heterocycles. The predicted octanol–water partition coefficient (Wildman–Crippen LogP) is 2.28. The number of rotatable bonds is 3.